The fourth-order valence-electron chi connectivity index (χ4n) is 1.89. The summed E-state index contributed by atoms with van der Waals surface area (Å²) in [5.41, 5.74) is 0.724. The van der Waals surface area contributed by atoms with Gasteiger partial charge in [-0.2, -0.15) is 0 Å². The minimum atomic E-state index is -0.369. The topological polar surface area (TPSA) is 38.3 Å². The van der Waals surface area contributed by atoms with E-state index in [-0.39, 0.29) is 16.5 Å². The number of thioether (sulfide) groups is 1. The number of hydrogen-bond donors (Lipinski definition) is 1. The zero-order valence-corrected chi connectivity index (χ0v) is 14.0. The molecule has 2 rings (SSSR count). The first-order valence-electron chi connectivity index (χ1n) is 6.91. The maximum Gasteiger partial charge on any atom is 0.239 e. The molecule has 2 aromatic rings. The number of halogens is 1. The Morgan fingerprint density at radius 3 is 2.32 bits per heavy atom. The van der Waals surface area contributed by atoms with E-state index in [1.54, 1.807) is 31.4 Å². The number of benzene rings is 2. The predicted molar refractivity (Wildman–Crippen MR) is 93.0 cm³/mol. The number of alkyl halides is 1. The molecule has 1 N–H and O–H groups in total. The SMILES string of the molecule is COc1ccc(NC(=O)C(Sc2ccccc2)C(C)Cl)cc1. The third kappa shape index (κ3) is 4.68. The Morgan fingerprint density at radius 2 is 1.77 bits per heavy atom. The van der Waals surface area contributed by atoms with Crippen molar-refractivity contribution >= 4 is 35.0 Å². The zero-order valence-electron chi connectivity index (χ0n) is 12.5. The van der Waals surface area contributed by atoms with E-state index >= 15 is 0 Å². The van der Waals surface area contributed by atoms with Crippen molar-refractivity contribution in [2.45, 2.75) is 22.4 Å². The highest BCUT2D eigenvalue weighted by Crippen LogP contribution is 2.28. The van der Waals surface area contributed by atoms with Crippen molar-refractivity contribution in [3.63, 3.8) is 0 Å². The van der Waals surface area contributed by atoms with E-state index < -0.39 is 0 Å². The summed E-state index contributed by atoms with van der Waals surface area (Å²) in [5.74, 6) is 0.639. The second kappa shape index (κ2) is 8.11. The van der Waals surface area contributed by atoms with Gasteiger partial charge in [-0.15, -0.1) is 23.4 Å². The van der Waals surface area contributed by atoms with Gasteiger partial charge in [-0.25, -0.2) is 0 Å². The number of carbonyl (C=O) groups is 1. The number of methoxy groups -OCH3 is 1. The van der Waals surface area contributed by atoms with Crippen molar-refractivity contribution in [2.75, 3.05) is 12.4 Å². The molecule has 0 aliphatic heterocycles. The van der Waals surface area contributed by atoms with Gasteiger partial charge in [-0.1, -0.05) is 18.2 Å². The Hall–Kier alpha value is -1.65. The van der Waals surface area contributed by atoms with Crippen molar-refractivity contribution in [1.82, 2.24) is 0 Å². The van der Waals surface area contributed by atoms with E-state index in [2.05, 4.69) is 5.32 Å². The van der Waals surface area contributed by atoms with Crippen molar-refractivity contribution < 1.29 is 9.53 Å². The molecule has 5 heteroatoms. The van der Waals surface area contributed by atoms with Crippen LogP contribution in [-0.2, 0) is 4.79 Å². The van der Waals surface area contributed by atoms with Gasteiger partial charge in [0.05, 0.1) is 12.5 Å². The molecule has 0 saturated heterocycles. The smallest absolute Gasteiger partial charge is 0.239 e. The van der Waals surface area contributed by atoms with Crippen molar-refractivity contribution in [1.29, 1.82) is 0 Å². The number of ether oxygens (including phenoxy) is 1. The first-order chi connectivity index (χ1) is 10.6. The van der Waals surface area contributed by atoms with Crippen LogP contribution in [0, 0.1) is 0 Å². The molecule has 0 spiro atoms. The third-order valence-corrected chi connectivity index (χ3v) is 4.86. The van der Waals surface area contributed by atoms with Crippen LogP contribution >= 0.6 is 23.4 Å². The molecule has 0 aromatic heterocycles. The summed E-state index contributed by atoms with van der Waals surface area (Å²) >= 11 is 7.66. The summed E-state index contributed by atoms with van der Waals surface area (Å²) in [6.07, 6.45) is 0. The van der Waals surface area contributed by atoms with E-state index in [4.69, 9.17) is 16.3 Å². The molecular formula is C17H18ClNO2S. The van der Waals surface area contributed by atoms with Crippen LogP contribution in [0.5, 0.6) is 5.75 Å². The minimum Gasteiger partial charge on any atom is -0.497 e. The van der Waals surface area contributed by atoms with Crippen molar-refractivity contribution in [2.24, 2.45) is 0 Å². The molecule has 0 aliphatic carbocycles. The maximum atomic E-state index is 12.5. The molecule has 0 aliphatic rings. The molecule has 116 valence electrons. The number of amides is 1. The molecular weight excluding hydrogens is 318 g/mol. The van der Waals surface area contributed by atoms with E-state index in [1.807, 2.05) is 37.3 Å². The van der Waals surface area contributed by atoms with E-state index in [9.17, 15) is 4.79 Å². The number of hydrogen-bond acceptors (Lipinski definition) is 3. The van der Waals surface area contributed by atoms with Crippen LogP contribution in [0.2, 0.25) is 0 Å². The van der Waals surface area contributed by atoms with Crippen LogP contribution in [0.15, 0.2) is 59.5 Å². The molecule has 1 amide bonds. The molecule has 0 radical (unpaired) electrons. The standard InChI is InChI=1S/C17H18ClNO2S/c1-12(18)16(22-15-6-4-3-5-7-15)17(20)19-13-8-10-14(21-2)11-9-13/h3-12,16H,1-2H3,(H,19,20). The third-order valence-electron chi connectivity index (χ3n) is 3.04. The number of nitrogens with one attached hydrogen (secondary N) is 1. The highest BCUT2D eigenvalue weighted by molar-refractivity contribution is 8.00. The molecule has 0 saturated carbocycles. The van der Waals surface area contributed by atoms with E-state index in [0.29, 0.717) is 0 Å². The molecule has 2 atom stereocenters. The average Bonchev–Trinajstić information content (AvgIpc) is 2.54. The summed E-state index contributed by atoms with van der Waals surface area (Å²) < 4.78 is 5.10. The molecule has 0 bridgehead atoms. The molecule has 0 fully saturated rings. The van der Waals surface area contributed by atoms with Crippen LogP contribution in [0.3, 0.4) is 0 Å². The Morgan fingerprint density at radius 1 is 1.14 bits per heavy atom. The lowest BCUT2D eigenvalue weighted by atomic mass is 10.2. The second-order valence-corrected chi connectivity index (χ2v) is 6.65. The van der Waals surface area contributed by atoms with Crippen molar-refractivity contribution in [3.8, 4) is 5.75 Å². The molecule has 2 aromatic carbocycles. The number of carbonyl (C=O) groups excluding carboxylic acids is 1. The fraction of sp³-hybridized carbons (Fsp3) is 0.235. The molecule has 0 heterocycles. The summed E-state index contributed by atoms with van der Waals surface area (Å²) in [6, 6.07) is 17.0. The van der Waals surface area contributed by atoms with Gasteiger partial charge in [-0.05, 0) is 43.3 Å². The lowest BCUT2D eigenvalue weighted by Gasteiger charge is -2.18. The minimum absolute atomic E-state index is 0.110. The van der Waals surface area contributed by atoms with Crippen molar-refractivity contribution in [3.05, 3.63) is 54.6 Å². The average molecular weight is 336 g/mol. The Labute approximate surface area is 140 Å². The van der Waals surface area contributed by atoms with Crippen LogP contribution in [0.1, 0.15) is 6.92 Å². The summed E-state index contributed by atoms with van der Waals surface area (Å²) in [4.78, 5) is 13.5. The molecule has 22 heavy (non-hydrogen) atoms. The van der Waals surface area contributed by atoms with Gasteiger partial charge in [0.1, 0.15) is 11.0 Å². The number of rotatable bonds is 6. The fourth-order valence-corrected chi connectivity index (χ4v) is 3.12. The zero-order chi connectivity index (χ0) is 15.9. The largest absolute Gasteiger partial charge is 0.497 e. The Balaban J connectivity index is 2.05. The van der Waals surface area contributed by atoms with Crippen LogP contribution in [0.25, 0.3) is 0 Å². The summed E-state index contributed by atoms with van der Waals surface area (Å²) in [6.45, 7) is 1.83. The molecule has 2 unspecified atom stereocenters. The highest BCUT2D eigenvalue weighted by atomic mass is 35.5. The van der Waals surface area contributed by atoms with Gasteiger partial charge in [0.25, 0.3) is 0 Å². The lowest BCUT2D eigenvalue weighted by Crippen LogP contribution is -2.31. The van der Waals surface area contributed by atoms with Gasteiger partial charge in [0, 0.05) is 10.6 Å². The quantitative estimate of drug-likeness (QED) is 0.627. The Kier molecular flexibility index (Phi) is 6.16. The first kappa shape index (κ1) is 16.7. The first-order valence-corrected chi connectivity index (χ1v) is 8.22. The monoisotopic (exact) mass is 335 g/mol. The van der Waals surface area contributed by atoms with Gasteiger partial charge < -0.3 is 10.1 Å². The summed E-state index contributed by atoms with van der Waals surface area (Å²) in [7, 11) is 1.61. The van der Waals surface area contributed by atoms with Gasteiger partial charge >= 0.3 is 0 Å². The normalized spacial score (nSPS) is 13.2. The van der Waals surface area contributed by atoms with E-state index in [0.717, 1.165) is 16.3 Å². The van der Waals surface area contributed by atoms with Gasteiger partial charge in [0.15, 0.2) is 0 Å². The molecule has 3 nitrogen and oxygen atoms in total. The Bertz CT molecular complexity index is 602. The van der Waals surface area contributed by atoms with Crippen LogP contribution in [0.4, 0.5) is 5.69 Å². The maximum absolute atomic E-state index is 12.5. The second-order valence-electron chi connectivity index (χ2n) is 4.75. The lowest BCUT2D eigenvalue weighted by molar-refractivity contribution is -0.115. The predicted octanol–water partition coefficient (Wildman–Crippen LogP) is 4.42. The van der Waals surface area contributed by atoms with Crippen LogP contribution in [-0.4, -0.2) is 23.6 Å². The van der Waals surface area contributed by atoms with Crippen LogP contribution < -0.4 is 10.1 Å². The van der Waals surface area contributed by atoms with Gasteiger partial charge in [-0.3, -0.25) is 4.79 Å². The van der Waals surface area contributed by atoms with E-state index in [1.165, 1.54) is 11.8 Å². The van der Waals surface area contributed by atoms with Gasteiger partial charge in [0.2, 0.25) is 5.91 Å². The highest BCUT2D eigenvalue weighted by Gasteiger charge is 2.25. The summed E-state index contributed by atoms with van der Waals surface area (Å²) in [5, 5.41) is 2.24. The number of anilines is 1.